The van der Waals surface area contributed by atoms with Crippen molar-refractivity contribution in [1.82, 2.24) is 15.3 Å². The Morgan fingerprint density at radius 1 is 1.28 bits per heavy atom. The van der Waals surface area contributed by atoms with Gasteiger partial charge in [-0.1, -0.05) is 0 Å². The van der Waals surface area contributed by atoms with E-state index in [1.165, 1.54) is 0 Å². The topological polar surface area (TPSA) is 37.8 Å². The van der Waals surface area contributed by atoms with Crippen molar-refractivity contribution in [1.29, 1.82) is 0 Å². The second-order valence-corrected chi connectivity index (χ2v) is 6.84. The van der Waals surface area contributed by atoms with Crippen LogP contribution in [0.1, 0.15) is 30.6 Å². The van der Waals surface area contributed by atoms with Crippen LogP contribution in [0.5, 0.6) is 0 Å². The van der Waals surface area contributed by atoms with Crippen LogP contribution in [-0.2, 0) is 0 Å². The Hall–Kier alpha value is -0.300. The molecule has 1 N–H and O–H groups in total. The van der Waals surface area contributed by atoms with E-state index in [1.54, 1.807) is 11.3 Å². The van der Waals surface area contributed by atoms with E-state index < -0.39 is 0 Å². The van der Waals surface area contributed by atoms with Gasteiger partial charge in [-0.05, 0) is 51.8 Å². The van der Waals surface area contributed by atoms with E-state index in [2.05, 4.69) is 61.0 Å². The highest BCUT2D eigenvalue weighted by atomic mass is 79.9. The van der Waals surface area contributed by atoms with Gasteiger partial charge in [0.25, 0.3) is 0 Å². The first kappa shape index (κ1) is 14.1. The fraction of sp³-hybridized carbons (Fsp3) is 0.333. The number of nitrogens with zero attached hydrogens (tertiary/aromatic N) is 2. The Morgan fingerprint density at radius 3 is 2.61 bits per heavy atom. The predicted molar refractivity (Wildman–Crippen MR) is 81.9 cm³/mol. The van der Waals surface area contributed by atoms with Gasteiger partial charge < -0.3 is 5.32 Å². The van der Waals surface area contributed by atoms with Gasteiger partial charge in [-0.25, -0.2) is 4.98 Å². The summed E-state index contributed by atoms with van der Waals surface area (Å²) in [6, 6.07) is 2.38. The maximum absolute atomic E-state index is 4.50. The van der Waals surface area contributed by atoms with Crippen molar-refractivity contribution in [2.75, 3.05) is 0 Å². The highest BCUT2D eigenvalue weighted by Crippen LogP contribution is 2.30. The number of nitrogens with one attached hydrogen (secondary N) is 1. The van der Waals surface area contributed by atoms with Crippen molar-refractivity contribution >= 4 is 43.2 Å². The smallest absolute Gasteiger partial charge is 0.116 e. The van der Waals surface area contributed by atoms with Gasteiger partial charge in [0.1, 0.15) is 11.0 Å². The third-order valence-electron chi connectivity index (χ3n) is 2.31. The number of hydrogen-bond donors (Lipinski definition) is 1. The Bertz CT molecular complexity index is 514. The summed E-state index contributed by atoms with van der Waals surface area (Å²) in [6.45, 7) is 4.24. The fourth-order valence-corrected chi connectivity index (χ4v) is 3.53. The second-order valence-electron chi connectivity index (χ2n) is 4.15. The lowest BCUT2D eigenvalue weighted by Crippen LogP contribution is -2.29. The molecule has 1 unspecified atom stereocenters. The molecule has 18 heavy (non-hydrogen) atoms. The highest BCUT2D eigenvalue weighted by molar-refractivity contribution is 9.11. The van der Waals surface area contributed by atoms with E-state index in [9.17, 15) is 0 Å². The molecule has 1 atom stereocenters. The molecule has 0 aliphatic carbocycles. The maximum atomic E-state index is 4.50. The molecule has 0 radical (unpaired) electrons. The lowest BCUT2D eigenvalue weighted by Gasteiger charge is -2.20. The van der Waals surface area contributed by atoms with Gasteiger partial charge in [-0.15, -0.1) is 11.3 Å². The first-order chi connectivity index (χ1) is 8.58. The van der Waals surface area contributed by atoms with Crippen LogP contribution in [0.3, 0.4) is 0 Å². The molecular formula is C12H13Br2N3S. The molecule has 0 fully saturated rings. The number of hydrogen-bond acceptors (Lipinski definition) is 4. The predicted octanol–water partition coefficient (Wildman–Crippen LogP) is 4.15. The molecule has 0 spiro atoms. The molecule has 96 valence electrons. The zero-order chi connectivity index (χ0) is 13.1. The fourth-order valence-electron chi connectivity index (χ4n) is 1.62. The standard InChI is InChI=1S/C12H13Br2N3S/c1-7(2)17-11(12-15-3-4-18-12)10-9(14)5-8(13)6-16-10/h3-7,11,17H,1-2H3. The molecule has 2 heterocycles. The number of halogens is 2. The van der Waals surface area contributed by atoms with E-state index >= 15 is 0 Å². The van der Waals surface area contributed by atoms with Crippen molar-refractivity contribution in [3.63, 3.8) is 0 Å². The quantitative estimate of drug-likeness (QED) is 0.851. The Kier molecular flexibility index (Phi) is 4.89. The van der Waals surface area contributed by atoms with Gasteiger partial charge in [0.15, 0.2) is 0 Å². The average molecular weight is 391 g/mol. The van der Waals surface area contributed by atoms with E-state index in [4.69, 9.17) is 0 Å². The van der Waals surface area contributed by atoms with Crippen molar-refractivity contribution in [2.24, 2.45) is 0 Å². The van der Waals surface area contributed by atoms with E-state index in [0.29, 0.717) is 6.04 Å². The van der Waals surface area contributed by atoms with Crippen molar-refractivity contribution in [2.45, 2.75) is 25.9 Å². The number of pyridine rings is 1. The molecule has 0 bridgehead atoms. The Balaban J connectivity index is 2.40. The van der Waals surface area contributed by atoms with Crippen LogP contribution < -0.4 is 5.32 Å². The second kappa shape index (κ2) is 6.23. The Labute approximate surface area is 127 Å². The zero-order valence-corrected chi connectivity index (χ0v) is 14.0. The van der Waals surface area contributed by atoms with Crippen molar-refractivity contribution in [3.05, 3.63) is 43.5 Å². The first-order valence-electron chi connectivity index (χ1n) is 5.54. The largest absolute Gasteiger partial charge is 0.301 e. The molecule has 2 aromatic rings. The lowest BCUT2D eigenvalue weighted by atomic mass is 10.1. The molecule has 0 amide bonds. The van der Waals surface area contributed by atoms with Crippen LogP contribution in [0.2, 0.25) is 0 Å². The van der Waals surface area contributed by atoms with Crippen LogP contribution in [0.4, 0.5) is 0 Å². The van der Waals surface area contributed by atoms with Gasteiger partial charge in [0, 0.05) is 32.8 Å². The summed E-state index contributed by atoms with van der Waals surface area (Å²) in [5, 5.41) is 6.51. The van der Waals surface area contributed by atoms with Gasteiger partial charge in [-0.2, -0.15) is 0 Å². The SMILES string of the molecule is CC(C)NC(c1nccs1)c1ncc(Br)cc1Br. The summed E-state index contributed by atoms with van der Waals surface area (Å²) in [6.07, 6.45) is 3.63. The molecule has 0 aliphatic rings. The van der Waals surface area contributed by atoms with Crippen molar-refractivity contribution in [3.8, 4) is 0 Å². The molecule has 0 aliphatic heterocycles. The Morgan fingerprint density at radius 2 is 2.06 bits per heavy atom. The average Bonchev–Trinajstić information content (AvgIpc) is 2.79. The third kappa shape index (κ3) is 3.38. The van der Waals surface area contributed by atoms with Gasteiger partial charge in [-0.3, -0.25) is 4.98 Å². The third-order valence-corrected chi connectivity index (χ3v) is 4.22. The van der Waals surface area contributed by atoms with E-state index in [-0.39, 0.29) is 6.04 Å². The number of rotatable bonds is 4. The minimum Gasteiger partial charge on any atom is -0.301 e. The van der Waals surface area contributed by atoms with Crippen LogP contribution in [-0.4, -0.2) is 16.0 Å². The summed E-state index contributed by atoms with van der Waals surface area (Å²) in [5.74, 6) is 0. The summed E-state index contributed by atoms with van der Waals surface area (Å²) in [7, 11) is 0. The molecular weight excluding hydrogens is 378 g/mol. The minimum atomic E-state index is 0.0208. The van der Waals surface area contributed by atoms with Crippen LogP contribution in [0.25, 0.3) is 0 Å². The molecule has 6 heteroatoms. The zero-order valence-electron chi connectivity index (χ0n) is 10.0. The van der Waals surface area contributed by atoms with E-state index in [1.807, 2.05) is 23.8 Å². The normalized spacial score (nSPS) is 12.9. The number of thiazole rings is 1. The summed E-state index contributed by atoms with van der Waals surface area (Å²) >= 11 is 8.62. The number of aromatic nitrogens is 2. The monoisotopic (exact) mass is 389 g/mol. The molecule has 2 aromatic heterocycles. The van der Waals surface area contributed by atoms with Crippen LogP contribution >= 0.6 is 43.2 Å². The van der Waals surface area contributed by atoms with Crippen molar-refractivity contribution < 1.29 is 0 Å². The molecule has 0 aromatic carbocycles. The molecule has 2 rings (SSSR count). The van der Waals surface area contributed by atoms with E-state index in [0.717, 1.165) is 19.6 Å². The van der Waals surface area contributed by atoms with Crippen LogP contribution in [0, 0.1) is 0 Å². The highest BCUT2D eigenvalue weighted by Gasteiger charge is 2.21. The van der Waals surface area contributed by atoms with Gasteiger partial charge in [0.05, 0.1) is 5.69 Å². The summed E-state index contributed by atoms with van der Waals surface area (Å²) in [5.41, 5.74) is 0.960. The minimum absolute atomic E-state index is 0.0208. The van der Waals surface area contributed by atoms with Gasteiger partial charge >= 0.3 is 0 Å². The maximum Gasteiger partial charge on any atom is 0.116 e. The summed E-state index contributed by atoms with van der Waals surface area (Å²) in [4.78, 5) is 8.89. The summed E-state index contributed by atoms with van der Waals surface area (Å²) < 4.78 is 1.94. The lowest BCUT2D eigenvalue weighted by molar-refractivity contribution is 0.517. The molecule has 0 saturated carbocycles. The van der Waals surface area contributed by atoms with Gasteiger partial charge in [0.2, 0.25) is 0 Å². The first-order valence-corrected chi connectivity index (χ1v) is 8.01. The molecule has 0 saturated heterocycles. The molecule has 3 nitrogen and oxygen atoms in total. The van der Waals surface area contributed by atoms with Crippen LogP contribution in [0.15, 0.2) is 32.8 Å².